The molecule has 0 radical (unpaired) electrons. The van der Waals surface area contributed by atoms with Crippen molar-refractivity contribution in [3.63, 3.8) is 0 Å². The van der Waals surface area contributed by atoms with E-state index < -0.39 is 170 Å². The van der Waals surface area contributed by atoms with Crippen LogP contribution in [0.1, 0.15) is 117 Å². The number of Topliss-reactive ketones (excluding diaryl/α,β-unsaturated/α-hetero) is 3. The number of benzene rings is 1. The quantitative estimate of drug-likeness (QED) is 0.0351. The molecule has 27 nitrogen and oxygen atoms in total. The van der Waals surface area contributed by atoms with Gasteiger partial charge in [-0.1, -0.05) is 56.5 Å². The van der Waals surface area contributed by atoms with E-state index in [1.54, 1.807) is 30.3 Å². The first-order chi connectivity index (χ1) is 38.5. The summed E-state index contributed by atoms with van der Waals surface area (Å²) in [5.74, 6) is -13.4. The molecule has 456 valence electrons. The van der Waals surface area contributed by atoms with E-state index in [0.29, 0.717) is 12.0 Å². The van der Waals surface area contributed by atoms with Gasteiger partial charge in [-0.2, -0.15) is 0 Å². The summed E-state index contributed by atoms with van der Waals surface area (Å²) in [6, 6.07) is -2.67. The van der Waals surface area contributed by atoms with Crippen LogP contribution in [-0.2, 0) is 59.2 Å². The van der Waals surface area contributed by atoms with Crippen molar-refractivity contribution < 1.29 is 73.2 Å². The van der Waals surface area contributed by atoms with Gasteiger partial charge in [0.2, 0.25) is 47.3 Å². The van der Waals surface area contributed by atoms with Gasteiger partial charge in [-0.15, -0.1) is 0 Å². The lowest BCUT2D eigenvalue weighted by atomic mass is 9.90. The maximum atomic E-state index is 14.4. The Morgan fingerprint density at radius 3 is 1.75 bits per heavy atom. The number of amides is 8. The Hall–Kier alpha value is -6.33. The number of rotatable bonds is 28. The summed E-state index contributed by atoms with van der Waals surface area (Å²) < 4.78 is 0. The smallest absolute Gasteiger partial charge is 0.245 e. The van der Waals surface area contributed by atoms with Crippen molar-refractivity contribution in [3.05, 3.63) is 35.9 Å². The number of nitrogens with two attached hydrogens (primary N) is 4. The van der Waals surface area contributed by atoms with Crippen molar-refractivity contribution in [2.75, 3.05) is 39.3 Å². The van der Waals surface area contributed by atoms with Gasteiger partial charge in [0, 0.05) is 44.1 Å². The molecule has 0 spiro atoms. The normalized spacial score (nSPS) is 23.6. The molecule has 8 amide bonds. The summed E-state index contributed by atoms with van der Waals surface area (Å²) in [6.07, 6.45) is -3.77. The number of ketones is 3. The molecule has 20 N–H and O–H groups in total. The minimum atomic E-state index is -1.73. The topological polar surface area (TPSA) is 469 Å². The molecule has 0 saturated carbocycles. The van der Waals surface area contributed by atoms with E-state index in [0.717, 1.165) is 19.3 Å². The molecule has 0 unspecified atom stereocenters. The SMILES string of the molecule is CCCCCCC(=O)C[C@@H](CCN)C(=O)N[C@H](C(=O)C[C@H](CO)C(=O)N[C@H]1CCNC(=O)[C@H]([C@@H](C)O)NC(=O)[C@H](CCN)NC(=O)[C@H](CCN)NC(=O)[C@H]([C@@H](C)O)NC(=O)[C@@H](Cc2ccccc2)CC(=O)[C@H](CCN)NC1=O)[C@@H](C)O. The fourth-order valence-electron chi connectivity index (χ4n) is 9.05. The van der Waals surface area contributed by atoms with Gasteiger partial charge in [0.05, 0.1) is 36.9 Å². The first-order valence-corrected chi connectivity index (χ1v) is 27.9. The number of nitrogens with one attached hydrogen (secondary N) is 8. The minimum absolute atomic E-state index is 0.0318. The van der Waals surface area contributed by atoms with Crippen LogP contribution in [0, 0.1) is 17.8 Å². The van der Waals surface area contributed by atoms with Gasteiger partial charge >= 0.3 is 0 Å². The zero-order valence-electron chi connectivity index (χ0n) is 47.1. The fourth-order valence-corrected chi connectivity index (χ4v) is 9.05. The highest BCUT2D eigenvalue weighted by molar-refractivity contribution is 5.99. The summed E-state index contributed by atoms with van der Waals surface area (Å²) in [6.45, 7) is 3.61. The average molecular weight is 1150 g/mol. The van der Waals surface area contributed by atoms with Crippen molar-refractivity contribution in [2.45, 2.75) is 178 Å². The molecule has 1 aliphatic rings. The van der Waals surface area contributed by atoms with E-state index in [2.05, 4.69) is 42.5 Å². The third-order valence-corrected chi connectivity index (χ3v) is 13.8. The Labute approximate surface area is 473 Å². The van der Waals surface area contributed by atoms with Gasteiger partial charge in [-0.3, -0.25) is 52.7 Å². The van der Waals surface area contributed by atoms with E-state index in [1.807, 2.05) is 6.92 Å². The molecule has 1 heterocycles. The molecular weight excluding hydrogens is 1060 g/mol. The molecule has 1 aliphatic heterocycles. The maximum absolute atomic E-state index is 14.4. The lowest BCUT2D eigenvalue weighted by Gasteiger charge is -2.28. The summed E-state index contributed by atoms with van der Waals surface area (Å²) in [5.41, 5.74) is 23.8. The van der Waals surface area contributed by atoms with E-state index in [1.165, 1.54) is 20.8 Å². The van der Waals surface area contributed by atoms with E-state index in [9.17, 15) is 73.2 Å². The summed E-state index contributed by atoms with van der Waals surface area (Å²) in [5, 5.41) is 62.5. The predicted molar refractivity (Wildman–Crippen MR) is 296 cm³/mol. The Balaban J connectivity index is 2.65. The van der Waals surface area contributed by atoms with Crippen LogP contribution in [0.2, 0.25) is 0 Å². The predicted octanol–water partition coefficient (Wildman–Crippen LogP) is -4.63. The minimum Gasteiger partial charge on any atom is -0.396 e. The Kier molecular flexibility index (Phi) is 32.9. The number of unbranched alkanes of at least 4 members (excludes halogenated alkanes) is 3. The number of hydrogen-bond acceptors (Lipinski definition) is 19. The maximum Gasteiger partial charge on any atom is 0.245 e. The van der Waals surface area contributed by atoms with Crippen molar-refractivity contribution in [1.82, 2.24) is 42.5 Å². The van der Waals surface area contributed by atoms with Gasteiger partial charge < -0.3 is 85.9 Å². The largest absolute Gasteiger partial charge is 0.396 e. The molecule has 2 rings (SSSR count). The molecule has 0 bridgehead atoms. The van der Waals surface area contributed by atoms with Crippen molar-refractivity contribution in [3.8, 4) is 0 Å². The van der Waals surface area contributed by atoms with Gasteiger partial charge in [0.25, 0.3) is 0 Å². The number of carbonyl (C=O) groups excluding carboxylic acids is 11. The second-order valence-corrected chi connectivity index (χ2v) is 20.7. The lowest BCUT2D eigenvalue weighted by Crippen LogP contribution is -2.61. The van der Waals surface area contributed by atoms with Gasteiger partial charge in [-0.25, -0.2) is 0 Å². The van der Waals surface area contributed by atoms with Crippen LogP contribution in [0.4, 0.5) is 0 Å². The standard InChI is InChI=1S/C54H90N12O15/c1-5-6-7-11-14-37(71)26-34(15-20-55)47(74)64-44(30(2)68)43(73)28-36(29-67)49(76)61-41-19-24-59-53(80)45(31(3)69)66-52(79)40(18-23-58)62-50(77)39(17-22-57)63-54(81)46(32(4)70)65-48(75)35(25-33-12-9-8-10-13-33)27-42(72)38(16-21-56)60-51(41)78/h8-10,12-13,30-32,34-36,38-41,44-46,67-70H,5-7,11,14-29,55-58H2,1-4H3,(H,59,80)(H,60,78)(H,61,76)(H,62,77)(H,63,81)(H,64,74)(H,65,75)(H,66,79)/t30-,31-,32-,34-,35+,36-,38+,39+,40+,41+,44+,45+,46+/m1/s1. The molecule has 1 aromatic carbocycles. The first-order valence-electron chi connectivity index (χ1n) is 27.9. The Morgan fingerprint density at radius 2 is 1.20 bits per heavy atom. The number of aliphatic hydroxyl groups is 4. The zero-order valence-corrected chi connectivity index (χ0v) is 47.1. The Bertz CT molecular complexity index is 2220. The molecule has 0 aromatic heterocycles. The van der Waals surface area contributed by atoms with Crippen LogP contribution < -0.4 is 65.5 Å². The fraction of sp³-hybridized carbons (Fsp3) is 0.685. The first kappa shape index (κ1) is 70.8. The molecule has 13 atom stereocenters. The van der Waals surface area contributed by atoms with Crippen LogP contribution in [0.15, 0.2) is 30.3 Å². The van der Waals surface area contributed by atoms with E-state index >= 15 is 0 Å². The molecule has 1 fully saturated rings. The Morgan fingerprint density at radius 1 is 0.642 bits per heavy atom. The number of aliphatic hydroxyl groups excluding tert-OH is 4. The van der Waals surface area contributed by atoms with Crippen LogP contribution in [0.25, 0.3) is 0 Å². The summed E-state index contributed by atoms with van der Waals surface area (Å²) in [7, 11) is 0. The summed E-state index contributed by atoms with van der Waals surface area (Å²) >= 11 is 0. The second-order valence-electron chi connectivity index (χ2n) is 20.7. The highest BCUT2D eigenvalue weighted by Crippen LogP contribution is 2.19. The zero-order chi connectivity index (χ0) is 60.8. The molecule has 27 heteroatoms. The van der Waals surface area contributed by atoms with E-state index in [4.69, 9.17) is 22.9 Å². The number of carbonyl (C=O) groups is 11. The monoisotopic (exact) mass is 1150 g/mol. The van der Waals surface area contributed by atoms with Crippen molar-refractivity contribution in [2.24, 2.45) is 40.7 Å². The summed E-state index contributed by atoms with van der Waals surface area (Å²) in [4.78, 5) is 152. The van der Waals surface area contributed by atoms with Crippen LogP contribution in [0.5, 0.6) is 0 Å². The molecule has 1 aromatic rings. The molecule has 81 heavy (non-hydrogen) atoms. The number of hydrogen-bond donors (Lipinski definition) is 16. The average Bonchev–Trinajstić information content (AvgIpc) is 3.41. The second kappa shape index (κ2) is 37.6. The third kappa shape index (κ3) is 24.7. The van der Waals surface area contributed by atoms with Crippen molar-refractivity contribution >= 4 is 64.6 Å². The van der Waals surface area contributed by atoms with Crippen LogP contribution >= 0.6 is 0 Å². The van der Waals surface area contributed by atoms with Crippen molar-refractivity contribution in [1.29, 1.82) is 0 Å². The van der Waals surface area contributed by atoms with Gasteiger partial charge in [0.15, 0.2) is 11.6 Å². The van der Waals surface area contributed by atoms with Gasteiger partial charge in [0.1, 0.15) is 42.0 Å². The molecule has 0 aliphatic carbocycles. The highest BCUT2D eigenvalue weighted by atomic mass is 16.3. The molecular formula is C54H90N12O15. The van der Waals surface area contributed by atoms with Gasteiger partial charge in [-0.05, 0) is 97.5 Å². The van der Waals surface area contributed by atoms with Crippen LogP contribution in [0.3, 0.4) is 0 Å². The molecule has 1 saturated heterocycles. The highest BCUT2D eigenvalue weighted by Gasteiger charge is 2.38. The van der Waals surface area contributed by atoms with E-state index in [-0.39, 0.29) is 76.9 Å². The third-order valence-electron chi connectivity index (χ3n) is 13.8. The lowest BCUT2D eigenvalue weighted by molar-refractivity contribution is -0.138. The van der Waals surface area contributed by atoms with Crippen LogP contribution in [-0.4, -0.2) is 185 Å².